The number of aliphatic carboxylic acids is 1. The zero-order valence-electron chi connectivity index (χ0n) is 12.9. The van der Waals surface area contributed by atoms with Crippen LogP contribution in [0.2, 0.25) is 0 Å². The highest BCUT2D eigenvalue weighted by Crippen LogP contribution is 2.19. The number of aromatic nitrogens is 1. The Hall–Kier alpha value is -2.34. The maximum atomic E-state index is 12.2. The van der Waals surface area contributed by atoms with Crippen molar-refractivity contribution in [3.05, 3.63) is 30.5 Å². The minimum atomic E-state index is -0.910. The van der Waals surface area contributed by atoms with E-state index in [4.69, 9.17) is 0 Å². The number of likely N-dealkylation sites (tertiary alicyclic amines) is 1. The molecular weight excluding hydrogens is 294 g/mol. The van der Waals surface area contributed by atoms with Gasteiger partial charge in [-0.05, 0) is 49.5 Å². The van der Waals surface area contributed by atoms with Gasteiger partial charge >= 0.3 is 5.97 Å². The van der Waals surface area contributed by atoms with Gasteiger partial charge in [0.15, 0.2) is 0 Å². The van der Waals surface area contributed by atoms with E-state index in [1.807, 2.05) is 30.5 Å². The van der Waals surface area contributed by atoms with E-state index >= 15 is 0 Å². The SMILES string of the molecule is O=C(C[C@@H](CN1CCCC1)C(=O)O)Nc1ccc2cc[nH]c2c1. The van der Waals surface area contributed by atoms with Gasteiger partial charge in [0.2, 0.25) is 5.91 Å². The summed E-state index contributed by atoms with van der Waals surface area (Å²) in [6.45, 7) is 2.29. The number of carbonyl (C=O) groups is 2. The van der Waals surface area contributed by atoms with Gasteiger partial charge < -0.3 is 20.3 Å². The Morgan fingerprint density at radius 3 is 2.78 bits per heavy atom. The number of rotatable bonds is 6. The van der Waals surface area contributed by atoms with Crippen LogP contribution in [0, 0.1) is 5.92 Å². The average Bonchev–Trinajstić information content (AvgIpc) is 3.16. The van der Waals surface area contributed by atoms with Crippen LogP contribution in [-0.2, 0) is 9.59 Å². The molecule has 1 aromatic carbocycles. The molecule has 0 unspecified atom stereocenters. The van der Waals surface area contributed by atoms with Crippen LogP contribution in [0.1, 0.15) is 19.3 Å². The second-order valence-electron chi connectivity index (χ2n) is 6.07. The number of carboxylic acid groups (broad SMARTS) is 1. The second-order valence-corrected chi connectivity index (χ2v) is 6.07. The van der Waals surface area contributed by atoms with Crippen LogP contribution in [0.25, 0.3) is 10.9 Å². The number of H-pyrrole nitrogens is 1. The van der Waals surface area contributed by atoms with Crippen molar-refractivity contribution < 1.29 is 14.7 Å². The molecule has 0 radical (unpaired) electrons. The van der Waals surface area contributed by atoms with Crippen LogP contribution in [-0.4, -0.2) is 46.5 Å². The fourth-order valence-corrected chi connectivity index (χ4v) is 3.07. The standard InChI is InChI=1S/C17H21N3O3/c21-16(9-13(17(22)23)11-20-7-1-2-8-20)19-14-4-3-12-5-6-18-15(12)10-14/h3-6,10,13,18H,1-2,7-9,11H2,(H,19,21)(H,22,23)/t13-/m0/s1. The predicted octanol–water partition coefficient (Wildman–Crippen LogP) is 2.29. The molecule has 1 amide bonds. The van der Waals surface area contributed by atoms with Gasteiger partial charge in [0.25, 0.3) is 0 Å². The summed E-state index contributed by atoms with van der Waals surface area (Å²) in [4.78, 5) is 28.8. The fraction of sp³-hybridized carbons (Fsp3) is 0.412. The van der Waals surface area contributed by atoms with E-state index in [1.54, 1.807) is 0 Å². The highest BCUT2D eigenvalue weighted by molar-refractivity contribution is 5.95. The predicted molar refractivity (Wildman–Crippen MR) is 88.3 cm³/mol. The molecule has 1 aliphatic rings. The number of anilines is 1. The third-order valence-corrected chi connectivity index (χ3v) is 4.30. The van der Waals surface area contributed by atoms with Crippen molar-refractivity contribution in [1.29, 1.82) is 0 Å². The van der Waals surface area contributed by atoms with Gasteiger partial charge in [0.05, 0.1) is 5.92 Å². The number of aromatic amines is 1. The normalized spacial score (nSPS) is 16.5. The lowest BCUT2D eigenvalue weighted by Gasteiger charge is -2.20. The molecule has 0 bridgehead atoms. The number of nitrogens with zero attached hydrogens (tertiary/aromatic N) is 1. The first kappa shape index (κ1) is 15.6. The lowest BCUT2D eigenvalue weighted by molar-refractivity contribution is -0.144. The zero-order valence-corrected chi connectivity index (χ0v) is 12.9. The fourth-order valence-electron chi connectivity index (χ4n) is 3.07. The van der Waals surface area contributed by atoms with Crippen molar-refractivity contribution in [3.8, 4) is 0 Å². The zero-order chi connectivity index (χ0) is 16.2. The topological polar surface area (TPSA) is 85.4 Å². The summed E-state index contributed by atoms with van der Waals surface area (Å²) in [6.07, 6.45) is 4.05. The Bertz CT molecular complexity index is 704. The Labute approximate surface area is 134 Å². The van der Waals surface area contributed by atoms with E-state index in [2.05, 4.69) is 15.2 Å². The molecule has 3 N–H and O–H groups in total. The molecule has 1 atom stereocenters. The van der Waals surface area contributed by atoms with Gasteiger partial charge in [0, 0.05) is 30.4 Å². The van der Waals surface area contributed by atoms with Crippen molar-refractivity contribution >= 4 is 28.5 Å². The van der Waals surface area contributed by atoms with Gasteiger partial charge in [-0.25, -0.2) is 0 Å². The highest BCUT2D eigenvalue weighted by Gasteiger charge is 2.25. The number of carboxylic acids is 1. The molecule has 0 spiro atoms. The molecule has 1 aliphatic heterocycles. The number of amides is 1. The Morgan fingerprint density at radius 1 is 1.26 bits per heavy atom. The average molecular weight is 315 g/mol. The van der Waals surface area contributed by atoms with Crippen LogP contribution < -0.4 is 5.32 Å². The van der Waals surface area contributed by atoms with E-state index in [-0.39, 0.29) is 12.3 Å². The number of carbonyl (C=O) groups excluding carboxylic acids is 1. The Kier molecular flexibility index (Phi) is 4.62. The molecule has 6 nitrogen and oxygen atoms in total. The number of fused-ring (bicyclic) bond motifs is 1. The molecule has 6 heteroatoms. The molecule has 2 aromatic rings. The van der Waals surface area contributed by atoms with Crippen LogP contribution in [0.15, 0.2) is 30.5 Å². The van der Waals surface area contributed by atoms with Gasteiger partial charge in [-0.15, -0.1) is 0 Å². The third kappa shape index (κ3) is 3.90. The van der Waals surface area contributed by atoms with Gasteiger partial charge in [-0.1, -0.05) is 6.07 Å². The maximum Gasteiger partial charge on any atom is 0.308 e. The first-order valence-corrected chi connectivity index (χ1v) is 7.94. The summed E-state index contributed by atoms with van der Waals surface area (Å²) in [6, 6.07) is 7.55. The first-order chi connectivity index (χ1) is 11.1. The lowest BCUT2D eigenvalue weighted by Crippen LogP contribution is -2.33. The number of hydrogen-bond donors (Lipinski definition) is 3. The number of hydrogen-bond acceptors (Lipinski definition) is 3. The number of benzene rings is 1. The van der Waals surface area contributed by atoms with Crippen LogP contribution in [0.3, 0.4) is 0 Å². The van der Waals surface area contributed by atoms with Crippen molar-refractivity contribution in [1.82, 2.24) is 9.88 Å². The van der Waals surface area contributed by atoms with Gasteiger partial charge in [-0.2, -0.15) is 0 Å². The monoisotopic (exact) mass is 315 g/mol. The van der Waals surface area contributed by atoms with E-state index in [1.165, 1.54) is 0 Å². The van der Waals surface area contributed by atoms with Crippen molar-refractivity contribution in [2.24, 2.45) is 5.92 Å². The Morgan fingerprint density at radius 2 is 2.04 bits per heavy atom. The van der Waals surface area contributed by atoms with Crippen LogP contribution in [0.4, 0.5) is 5.69 Å². The van der Waals surface area contributed by atoms with Crippen molar-refractivity contribution in [2.75, 3.05) is 25.0 Å². The molecular formula is C17H21N3O3. The molecule has 1 aromatic heterocycles. The summed E-state index contributed by atoms with van der Waals surface area (Å²) in [5.41, 5.74) is 1.62. The molecule has 1 saturated heterocycles. The van der Waals surface area contributed by atoms with Crippen LogP contribution in [0.5, 0.6) is 0 Å². The second kappa shape index (κ2) is 6.83. The molecule has 2 heterocycles. The third-order valence-electron chi connectivity index (χ3n) is 4.30. The molecule has 23 heavy (non-hydrogen) atoms. The quantitative estimate of drug-likeness (QED) is 0.763. The maximum absolute atomic E-state index is 12.2. The molecule has 0 saturated carbocycles. The largest absolute Gasteiger partial charge is 0.481 e. The van der Waals surface area contributed by atoms with Crippen molar-refractivity contribution in [3.63, 3.8) is 0 Å². The van der Waals surface area contributed by atoms with E-state index < -0.39 is 11.9 Å². The van der Waals surface area contributed by atoms with E-state index in [0.717, 1.165) is 36.8 Å². The highest BCUT2D eigenvalue weighted by atomic mass is 16.4. The molecule has 1 fully saturated rings. The molecule has 0 aliphatic carbocycles. The number of nitrogens with one attached hydrogen (secondary N) is 2. The van der Waals surface area contributed by atoms with E-state index in [9.17, 15) is 14.7 Å². The lowest BCUT2D eigenvalue weighted by atomic mass is 10.0. The summed E-state index contributed by atoms with van der Waals surface area (Å²) in [5.74, 6) is -1.84. The van der Waals surface area contributed by atoms with Crippen LogP contribution >= 0.6 is 0 Å². The first-order valence-electron chi connectivity index (χ1n) is 7.94. The summed E-state index contributed by atoms with van der Waals surface area (Å²) in [5, 5.41) is 13.2. The minimum absolute atomic E-state index is 0.00536. The van der Waals surface area contributed by atoms with Gasteiger partial charge in [-0.3, -0.25) is 9.59 Å². The summed E-state index contributed by atoms with van der Waals surface area (Å²) >= 11 is 0. The summed E-state index contributed by atoms with van der Waals surface area (Å²) in [7, 11) is 0. The van der Waals surface area contributed by atoms with E-state index in [0.29, 0.717) is 12.2 Å². The smallest absolute Gasteiger partial charge is 0.308 e. The molecule has 3 rings (SSSR count). The molecule has 122 valence electrons. The van der Waals surface area contributed by atoms with Crippen molar-refractivity contribution in [2.45, 2.75) is 19.3 Å². The Balaban J connectivity index is 1.60. The van der Waals surface area contributed by atoms with Gasteiger partial charge in [0.1, 0.15) is 0 Å². The minimum Gasteiger partial charge on any atom is -0.481 e. The summed E-state index contributed by atoms with van der Waals surface area (Å²) < 4.78 is 0.